The van der Waals surface area contributed by atoms with Gasteiger partial charge in [-0.25, -0.2) is 9.59 Å². The number of ether oxygens (including phenoxy) is 1. The lowest BCUT2D eigenvalue weighted by Crippen LogP contribution is -2.16. The van der Waals surface area contributed by atoms with Crippen molar-refractivity contribution in [3.05, 3.63) is 64.1 Å². The van der Waals surface area contributed by atoms with E-state index in [-0.39, 0.29) is 5.56 Å². The number of rotatable bonds is 6. The van der Waals surface area contributed by atoms with E-state index in [1.165, 1.54) is 22.8 Å². The van der Waals surface area contributed by atoms with Crippen molar-refractivity contribution < 1.29 is 19.1 Å². The summed E-state index contributed by atoms with van der Waals surface area (Å²) in [5, 5.41) is 9.06. The normalized spacial score (nSPS) is 10.9. The highest BCUT2D eigenvalue weighted by Crippen LogP contribution is 2.16. The largest absolute Gasteiger partial charge is 0.494 e. The SMILES string of the molecule is Cc1ccc(OCCCn2c(=O)oc3ccc(C(=O)O)cc32)cc1. The first-order chi connectivity index (χ1) is 11.5. The number of aromatic carboxylic acids is 1. The number of carbonyl (C=O) groups is 1. The molecule has 0 saturated heterocycles. The van der Waals surface area contributed by atoms with Crippen LogP contribution in [0.5, 0.6) is 5.75 Å². The maximum Gasteiger partial charge on any atom is 0.419 e. The molecule has 0 aliphatic heterocycles. The van der Waals surface area contributed by atoms with Crippen molar-refractivity contribution in [2.24, 2.45) is 0 Å². The van der Waals surface area contributed by atoms with Gasteiger partial charge in [-0.3, -0.25) is 4.57 Å². The molecule has 6 nitrogen and oxygen atoms in total. The highest BCUT2D eigenvalue weighted by Gasteiger charge is 2.12. The first-order valence-corrected chi connectivity index (χ1v) is 7.61. The zero-order valence-electron chi connectivity index (χ0n) is 13.2. The average Bonchev–Trinajstić information content (AvgIpc) is 2.88. The van der Waals surface area contributed by atoms with Crippen molar-refractivity contribution in [3.63, 3.8) is 0 Å². The molecule has 0 amide bonds. The van der Waals surface area contributed by atoms with Crippen molar-refractivity contribution >= 4 is 17.1 Å². The highest BCUT2D eigenvalue weighted by molar-refractivity contribution is 5.91. The molecule has 0 aliphatic carbocycles. The summed E-state index contributed by atoms with van der Waals surface area (Å²) in [5.74, 6) is -0.763. The van der Waals surface area contributed by atoms with Crippen LogP contribution in [0.25, 0.3) is 11.1 Å². The fourth-order valence-corrected chi connectivity index (χ4v) is 2.45. The van der Waals surface area contributed by atoms with E-state index in [1.807, 2.05) is 31.2 Å². The monoisotopic (exact) mass is 327 g/mol. The number of hydrogen-bond acceptors (Lipinski definition) is 4. The molecule has 3 rings (SSSR count). The number of aromatic nitrogens is 1. The molecule has 0 fully saturated rings. The Balaban J connectivity index is 1.69. The summed E-state index contributed by atoms with van der Waals surface area (Å²) < 4.78 is 12.2. The van der Waals surface area contributed by atoms with Crippen LogP contribution in [0.1, 0.15) is 22.3 Å². The molecule has 0 aliphatic rings. The zero-order chi connectivity index (χ0) is 17.1. The van der Waals surface area contributed by atoms with E-state index < -0.39 is 11.7 Å². The predicted molar refractivity (Wildman–Crippen MR) is 88.7 cm³/mol. The van der Waals surface area contributed by atoms with Crippen molar-refractivity contribution in [3.8, 4) is 5.75 Å². The topological polar surface area (TPSA) is 81.7 Å². The quantitative estimate of drug-likeness (QED) is 0.704. The van der Waals surface area contributed by atoms with Crippen LogP contribution in [0.4, 0.5) is 0 Å². The van der Waals surface area contributed by atoms with Crippen LogP contribution in [0.15, 0.2) is 51.7 Å². The molecule has 6 heteroatoms. The third kappa shape index (κ3) is 3.32. The molecule has 0 saturated carbocycles. The number of hydrogen-bond donors (Lipinski definition) is 1. The standard InChI is InChI=1S/C18H17NO5/c1-12-3-6-14(7-4-12)23-10-2-9-19-15-11-13(17(20)21)5-8-16(15)24-18(19)22/h3-8,11H,2,9-10H2,1H3,(H,20,21). The van der Waals surface area contributed by atoms with E-state index in [0.29, 0.717) is 30.7 Å². The van der Waals surface area contributed by atoms with Gasteiger partial charge >= 0.3 is 11.7 Å². The minimum Gasteiger partial charge on any atom is -0.494 e. The van der Waals surface area contributed by atoms with Gasteiger partial charge in [0.05, 0.1) is 17.7 Å². The summed E-state index contributed by atoms with van der Waals surface area (Å²) in [4.78, 5) is 23.0. The van der Waals surface area contributed by atoms with Crippen LogP contribution >= 0.6 is 0 Å². The lowest BCUT2D eigenvalue weighted by Gasteiger charge is -2.07. The molecule has 1 N–H and O–H groups in total. The molecular formula is C18H17NO5. The second-order valence-corrected chi connectivity index (χ2v) is 5.52. The number of carboxylic acid groups (broad SMARTS) is 1. The fourth-order valence-electron chi connectivity index (χ4n) is 2.45. The zero-order valence-corrected chi connectivity index (χ0v) is 13.2. The van der Waals surface area contributed by atoms with Crippen LogP contribution in [0.3, 0.4) is 0 Å². The van der Waals surface area contributed by atoms with E-state index in [9.17, 15) is 9.59 Å². The van der Waals surface area contributed by atoms with Gasteiger partial charge in [0.1, 0.15) is 5.75 Å². The number of fused-ring (bicyclic) bond motifs is 1. The van der Waals surface area contributed by atoms with E-state index >= 15 is 0 Å². The second-order valence-electron chi connectivity index (χ2n) is 5.52. The minimum absolute atomic E-state index is 0.118. The van der Waals surface area contributed by atoms with Gasteiger partial charge in [-0.1, -0.05) is 17.7 Å². The van der Waals surface area contributed by atoms with Crippen molar-refractivity contribution in [2.75, 3.05) is 6.61 Å². The Labute approximate surface area is 137 Å². The van der Waals surface area contributed by atoms with E-state index in [2.05, 4.69) is 0 Å². The number of nitrogens with zero attached hydrogens (tertiary/aromatic N) is 1. The van der Waals surface area contributed by atoms with Gasteiger partial charge in [-0.2, -0.15) is 0 Å². The maximum absolute atomic E-state index is 11.9. The van der Waals surface area contributed by atoms with Crippen molar-refractivity contribution in [1.29, 1.82) is 0 Å². The summed E-state index contributed by atoms with van der Waals surface area (Å²) in [5.41, 5.74) is 2.14. The smallest absolute Gasteiger partial charge is 0.419 e. The summed E-state index contributed by atoms with van der Waals surface area (Å²) in [6.45, 7) is 2.84. The molecule has 1 aromatic heterocycles. The molecule has 1 heterocycles. The number of oxazole rings is 1. The lowest BCUT2D eigenvalue weighted by atomic mass is 10.2. The number of carboxylic acids is 1. The second kappa shape index (κ2) is 6.62. The maximum atomic E-state index is 11.9. The first-order valence-electron chi connectivity index (χ1n) is 7.61. The molecule has 0 unspecified atom stereocenters. The Bertz CT molecular complexity index is 921. The third-order valence-electron chi connectivity index (χ3n) is 3.73. The molecule has 124 valence electrons. The van der Waals surface area contributed by atoms with E-state index in [4.69, 9.17) is 14.3 Å². The van der Waals surface area contributed by atoms with Crippen molar-refractivity contribution in [2.45, 2.75) is 19.9 Å². The molecule has 24 heavy (non-hydrogen) atoms. The van der Waals surface area contributed by atoms with Crippen LogP contribution in [-0.2, 0) is 6.54 Å². The fraction of sp³-hybridized carbons (Fsp3) is 0.222. The lowest BCUT2D eigenvalue weighted by molar-refractivity contribution is 0.0697. The molecule has 0 bridgehead atoms. The van der Waals surface area contributed by atoms with Gasteiger partial charge in [0, 0.05) is 6.54 Å². The molecule has 3 aromatic rings. The summed E-state index contributed by atoms with van der Waals surface area (Å²) in [7, 11) is 0. The Morgan fingerprint density at radius 2 is 1.96 bits per heavy atom. The van der Waals surface area contributed by atoms with Gasteiger partial charge in [-0.15, -0.1) is 0 Å². The Kier molecular flexibility index (Phi) is 4.37. The van der Waals surface area contributed by atoms with Crippen LogP contribution in [-0.4, -0.2) is 22.2 Å². The number of aryl methyl sites for hydroxylation is 2. The number of benzene rings is 2. The third-order valence-corrected chi connectivity index (χ3v) is 3.73. The van der Waals surface area contributed by atoms with Crippen LogP contribution < -0.4 is 10.5 Å². The van der Waals surface area contributed by atoms with E-state index in [1.54, 1.807) is 0 Å². The summed E-state index contributed by atoms with van der Waals surface area (Å²) >= 11 is 0. The van der Waals surface area contributed by atoms with Gasteiger partial charge in [0.2, 0.25) is 0 Å². The minimum atomic E-state index is -1.04. The highest BCUT2D eigenvalue weighted by atomic mass is 16.5. The molecular weight excluding hydrogens is 310 g/mol. The van der Waals surface area contributed by atoms with Crippen molar-refractivity contribution in [1.82, 2.24) is 4.57 Å². The van der Waals surface area contributed by atoms with Crippen LogP contribution in [0.2, 0.25) is 0 Å². The molecule has 2 aromatic carbocycles. The first kappa shape index (κ1) is 15.9. The predicted octanol–water partition coefficient (Wildman–Crippen LogP) is 3.07. The Morgan fingerprint density at radius 3 is 2.67 bits per heavy atom. The summed E-state index contributed by atoms with van der Waals surface area (Å²) in [6.07, 6.45) is 0.597. The Hall–Kier alpha value is -3.02. The van der Waals surface area contributed by atoms with Crippen LogP contribution in [0, 0.1) is 6.92 Å². The van der Waals surface area contributed by atoms with E-state index in [0.717, 1.165) is 11.3 Å². The van der Waals surface area contributed by atoms with Gasteiger partial charge in [0.15, 0.2) is 5.58 Å². The van der Waals surface area contributed by atoms with Gasteiger partial charge in [-0.05, 0) is 43.7 Å². The average molecular weight is 327 g/mol. The van der Waals surface area contributed by atoms with Gasteiger partial charge < -0.3 is 14.3 Å². The summed E-state index contributed by atoms with van der Waals surface area (Å²) in [6, 6.07) is 12.1. The van der Waals surface area contributed by atoms with Gasteiger partial charge in [0.25, 0.3) is 0 Å². The Morgan fingerprint density at radius 1 is 1.21 bits per heavy atom. The molecule has 0 atom stereocenters. The molecule has 0 radical (unpaired) electrons. The molecule has 0 spiro atoms.